The number of nitrogens with zero attached hydrogens (tertiary/aromatic N) is 1. The van der Waals surface area contributed by atoms with Crippen molar-refractivity contribution in [3.63, 3.8) is 0 Å². The Hall–Kier alpha value is -2.38. The van der Waals surface area contributed by atoms with Gasteiger partial charge in [0, 0.05) is 28.9 Å². The third-order valence-corrected chi connectivity index (χ3v) is 5.85. The van der Waals surface area contributed by atoms with Crippen LogP contribution in [0.1, 0.15) is 13.8 Å². The second-order valence-electron chi connectivity index (χ2n) is 6.44. The van der Waals surface area contributed by atoms with Crippen LogP contribution in [0.2, 0.25) is 0 Å². The smallest absolute Gasteiger partial charge is 0.322 e. The molecule has 0 spiro atoms. The number of para-hydroxylation sites is 1. The Morgan fingerprint density at radius 3 is 2.36 bits per heavy atom. The highest BCUT2D eigenvalue weighted by molar-refractivity contribution is 7.89. The third kappa shape index (κ3) is 3.01. The van der Waals surface area contributed by atoms with Crippen molar-refractivity contribution in [2.75, 3.05) is 0 Å². The molecular weight excluding hydrogens is 340 g/mol. The summed E-state index contributed by atoms with van der Waals surface area (Å²) in [6, 6.07) is 11.4. The van der Waals surface area contributed by atoms with Gasteiger partial charge in [-0.2, -0.15) is 4.72 Å². The molecule has 0 amide bonds. The normalized spacial score (nSPS) is 13.6. The number of hydrogen-bond donors (Lipinski definition) is 2. The Morgan fingerprint density at radius 1 is 1.08 bits per heavy atom. The summed E-state index contributed by atoms with van der Waals surface area (Å²) in [5, 5.41) is 11.0. The van der Waals surface area contributed by atoms with Gasteiger partial charge < -0.3 is 9.67 Å². The summed E-state index contributed by atoms with van der Waals surface area (Å²) in [5.41, 5.74) is 1.92. The molecule has 7 heteroatoms. The average Bonchev–Trinajstić information content (AvgIpc) is 2.85. The first-order chi connectivity index (χ1) is 11.7. The summed E-state index contributed by atoms with van der Waals surface area (Å²) in [5.74, 6) is -1.56. The fraction of sp³-hybridized carbons (Fsp3) is 0.278. The zero-order valence-electron chi connectivity index (χ0n) is 14.2. The SMILES string of the molecule is CC(C)C(NS(=O)(=O)c1ccc2c(c1)c1ccccc1n2C)C(=O)O. The minimum atomic E-state index is -3.94. The van der Waals surface area contributed by atoms with Crippen LogP contribution in [0.5, 0.6) is 0 Å². The van der Waals surface area contributed by atoms with Gasteiger partial charge >= 0.3 is 5.97 Å². The molecule has 0 fully saturated rings. The number of rotatable bonds is 5. The lowest BCUT2D eigenvalue weighted by Gasteiger charge is -2.18. The molecule has 6 nitrogen and oxygen atoms in total. The van der Waals surface area contributed by atoms with Gasteiger partial charge in [-0.1, -0.05) is 32.0 Å². The molecule has 0 aliphatic heterocycles. The van der Waals surface area contributed by atoms with Gasteiger partial charge in [0.15, 0.2) is 0 Å². The number of aromatic nitrogens is 1. The Labute approximate surface area is 146 Å². The Morgan fingerprint density at radius 2 is 1.72 bits per heavy atom. The molecule has 1 aromatic heterocycles. The maximum atomic E-state index is 12.7. The topological polar surface area (TPSA) is 88.4 Å². The van der Waals surface area contributed by atoms with E-state index in [0.29, 0.717) is 0 Å². The van der Waals surface area contributed by atoms with Crippen LogP contribution < -0.4 is 4.72 Å². The first-order valence-corrected chi connectivity index (χ1v) is 9.43. The highest BCUT2D eigenvalue weighted by atomic mass is 32.2. The van der Waals surface area contributed by atoms with Crippen LogP contribution >= 0.6 is 0 Å². The van der Waals surface area contributed by atoms with Crippen LogP contribution in [-0.4, -0.2) is 30.1 Å². The van der Waals surface area contributed by atoms with Gasteiger partial charge in [0.05, 0.1) is 4.90 Å². The van der Waals surface area contributed by atoms with E-state index < -0.39 is 22.0 Å². The van der Waals surface area contributed by atoms with E-state index >= 15 is 0 Å². The van der Waals surface area contributed by atoms with E-state index in [9.17, 15) is 18.3 Å². The number of hydrogen-bond acceptors (Lipinski definition) is 3. The van der Waals surface area contributed by atoms with E-state index in [1.54, 1.807) is 26.0 Å². The van der Waals surface area contributed by atoms with Gasteiger partial charge in [-0.05, 0) is 30.2 Å². The van der Waals surface area contributed by atoms with Crippen molar-refractivity contribution < 1.29 is 18.3 Å². The van der Waals surface area contributed by atoms with E-state index in [0.717, 1.165) is 21.8 Å². The zero-order chi connectivity index (χ0) is 18.4. The second-order valence-corrected chi connectivity index (χ2v) is 8.15. The quantitative estimate of drug-likeness (QED) is 0.732. The maximum Gasteiger partial charge on any atom is 0.322 e. The molecule has 2 N–H and O–H groups in total. The average molecular weight is 360 g/mol. The van der Waals surface area contributed by atoms with Crippen molar-refractivity contribution in [2.45, 2.75) is 24.8 Å². The minimum absolute atomic E-state index is 0.0586. The number of benzene rings is 2. The molecule has 1 unspecified atom stereocenters. The van der Waals surface area contributed by atoms with Crippen molar-refractivity contribution in [1.29, 1.82) is 0 Å². The molecule has 132 valence electrons. The van der Waals surface area contributed by atoms with Crippen LogP contribution in [0.4, 0.5) is 0 Å². The van der Waals surface area contributed by atoms with Crippen LogP contribution in [0.3, 0.4) is 0 Å². The molecule has 3 aromatic rings. The van der Waals surface area contributed by atoms with Gasteiger partial charge in [0.2, 0.25) is 10.0 Å². The molecule has 0 aliphatic carbocycles. The van der Waals surface area contributed by atoms with Crippen LogP contribution in [0.15, 0.2) is 47.4 Å². The number of aryl methyl sites for hydroxylation is 1. The molecule has 1 heterocycles. The summed E-state index contributed by atoms with van der Waals surface area (Å²) in [7, 11) is -2.01. The van der Waals surface area contributed by atoms with E-state index in [1.165, 1.54) is 6.07 Å². The Kier molecular flexibility index (Phi) is 4.30. The lowest BCUT2D eigenvalue weighted by atomic mass is 10.1. The van der Waals surface area contributed by atoms with Crippen molar-refractivity contribution >= 4 is 37.8 Å². The molecule has 0 saturated carbocycles. The summed E-state index contributed by atoms with van der Waals surface area (Å²) >= 11 is 0. The van der Waals surface area contributed by atoms with Gasteiger partial charge in [0.25, 0.3) is 0 Å². The Bertz CT molecular complexity index is 1070. The second kappa shape index (κ2) is 6.16. The molecule has 1 atom stereocenters. The lowest BCUT2D eigenvalue weighted by molar-refractivity contribution is -0.140. The summed E-state index contributed by atoms with van der Waals surface area (Å²) in [6.07, 6.45) is 0. The lowest BCUT2D eigenvalue weighted by Crippen LogP contribution is -2.44. The number of carboxylic acid groups (broad SMARTS) is 1. The largest absolute Gasteiger partial charge is 0.480 e. The van der Waals surface area contributed by atoms with Crippen LogP contribution in [0.25, 0.3) is 21.8 Å². The van der Waals surface area contributed by atoms with Gasteiger partial charge in [-0.15, -0.1) is 0 Å². The molecular formula is C18H20N2O4S. The molecule has 0 radical (unpaired) electrons. The predicted molar refractivity (Wildman–Crippen MR) is 97.0 cm³/mol. The number of fused-ring (bicyclic) bond motifs is 3. The minimum Gasteiger partial charge on any atom is -0.480 e. The molecule has 3 rings (SSSR count). The fourth-order valence-electron chi connectivity index (χ4n) is 3.02. The van der Waals surface area contributed by atoms with Crippen molar-refractivity contribution in [1.82, 2.24) is 9.29 Å². The first kappa shape index (κ1) is 17.4. The Balaban J connectivity index is 2.12. The molecule has 0 aliphatic rings. The number of nitrogens with one attached hydrogen (secondary N) is 1. The first-order valence-electron chi connectivity index (χ1n) is 7.94. The van der Waals surface area contributed by atoms with E-state index in [1.807, 2.05) is 35.9 Å². The number of carbonyl (C=O) groups is 1. The molecule has 25 heavy (non-hydrogen) atoms. The summed E-state index contributed by atoms with van der Waals surface area (Å²) in [4.78, 5) is 11.4. The van der Waals surface area contributed by atoms with E-state index in [4.69, 9.17) is 0 Å². The van der Waals surface area contributed by atoms with Crippen LogP contribution in [0, 0.1) is 5.92 Å². The molecule has 2 aromatic carbocycles. The van der Waals surface area contributed by atoms with Gasteiger partial charge in [-0.25, -0.2) is 8.42 Å². The maximum absolute atomic E-state index is 12.7. The standard InChI is InChI=1S/C18H20N2O4S/c1-11(2)17(18(21)22)19-25(23,24)12-8-9-16-14(10-12)13-6-4-5-7-15(13)20(16)3/h4-11,17,19H,1-3H3,(H,21,22). The fourth-order valence-corrected chi connectivity index (χ4v) is 4.38. The van der Waals surface area contributed by atoms with E-state index in [-0.39, 0.29) is 10.8 Å². The highest BCUT2D eigenvalue weighted by Crippen LogP contribution is 2.29. The van der Waals surface area contributed by atoms with Crippen molar-refractivity contribution in [2.24, 2.45) is 13.0 Å². The number of sulfonamides is 1. The van der Waals surface area contributed by atoms with Crippen LogP contribution in [-0.2, 0) is 21.9 Å². The zero-order valence-corrected chi connectivity index (χ0v) is 15.0. The number of carboxylic acids is 1. The third-order valence-electron chi connectivity index (χ3n) is 4.41. The molecule has 0 bridgehead atoms. The monoisotopic (exact) mass is 360 g/mol. The van der Waals surface area contributed by atoms with Crippen molar-refractivity contribution in [3.05, 3.63) is 42.5 Å². The number of aliphatic carboxylic acids is 1. The van der Waals surface area contributed by atoms with E-state index in [2.05, 4.69) is 4.72 Å². The highest BCUT2D eigenvalue weighted by Gasteiger charge is 2.28. The summed E-state index contributed by atoms with van der Waals surface area (Å²) < 4.78 is 29.6. The summed E-state index contributed by atoms with van der Waals surface area (Å²) in [6.45, 7) is 3.32. The van der Waals surface area contributed by atoms with Gasteiger partial charge in [0.1, 0.15) is 6.04 Å². The van der Waals surface area contributed by atoms with Crippen molar-refractivity contribution in [3.8, 4) is 0 Å². The molecule has 0 saturated heterocycles. The predicted octanol–water partition coefficient (Wildman–Crippen LogP) is 2.72. The van der Waals surface area contributed by atoms with Gasteiger partial charge in [-0.3, -0.25) is 4.79 Å².